The van der Waals surface area contributed by atoms with E-state index in [4.69, 9.17) is 27.9 Å². The Labute approximate surface area is 209 Å². The Bertz CT molecular complexity index is 1220. The van der Waals surface area contributed by atoms with Gasteiger partial charge in [0.05, 0.1) is 20.2 Å². The van der Waals surface area contributed by atoms with Gasteiger partial charge in [0.15, 0.2) is 0 Å². The third-order valence-corrected chi connectivity index (χ3v) is 6.37. The molecule has 1 fully saturated rings. The van der Waals surface area contributed by atoms with Crippen molar-refractivity contribution in [2.75, 3.05) is 0 Å². The van der Waals surface area contributed by atoms with Crippen LogP contribution in [0.4, 0.5) is 4.79 Å². The van der Waals surface area contributed by atoms with Gasteiger partial charge < -0.3 is 10.1 Å². The minimum absolute atomic E-state index is 0.224. The second-order valence-corrected chi connectivity index (χ2v) is 9.07. The van der Waals surface area contributed by atoms with E-state index >= 15 is 0 Å². The quantitative estimate of drug-likeness (QED) is 0.213. The van der Waals surface area contributed by atoms with E-state index in [0.717, 1.165) is 20.3 Å². The fourth-order valence-electron chi connectivity index (χ4n) is 3.16. The number of imide groups is 1. The van der Waals surface area contributed by atoms with E-state index in [2.05, 4.69) is 27.9 Å². The molecule has 3 aromatic rings. The molecule has 5 nitrogen and oxygen atoms in total. The second-order valence-electron chi connectivity index (χ2n) is 7.09. The number of nitrogens with one attached hydrogen (secondary N) is 1. The molecule has 1 heterocycles. The minimum atomic E-state index is -0.429. The van der Waals surface area contributed by atoms with Crippen molar-refractivity contribution in [2.45, 2.75) is 13.2 Å². The van der Waals surface area contributed by atoms with Gasteiger partial charge in [0.25, 0.3) is 5.91 Å². The first-order valence-corrected chi connectivity index (χ1v) is 11.5. The Morgan fingerprint density at radius 1 is 0.938 bits per heavy atom. The summed E-state index contributed by atoms with van der Waals surface area (Å²) in [6, 6.07) is 19.9. The van der Waals surface area contributed by atoms with Crippen LogP contribution in [0.15, 0.2) is 72.4 Å². The van der Waals surface area contributed by atoms with Crippen LogP contribution in [0.25, 0.3) is 6.08 Å². The molecular weight excluding hydrogens is 562 g/mol. The number of carbonyl (C=O) groups excluding carboxylic acids is 2. The summed E-state index contributed by atoms with van der Waals surface area (Å²) >= 11 is 14.2. The van der Waals surface area contributed by atoms with Gasteiger partial charge in [0.2, 0.25) is 0 Å². The molecule has 3 aromatic carbocycles. The molecule has 0 spiro atoms. The van der Waals surface area contributed by atoms with Crippen molar-refractivity contribution in [1.29, 1.82) is 0 Å². The number of urea groups is 1. The Hall–Kier alpha value is -2.55. The highest BCUT2D eigenvalue weighted by Gasteiger charge is 2.33. The first-order chi connectivity index (χ1) is 15.4. The van der Waals surface area contributed by atoms with Crippen LogP contribution in [0.5, 0.6) is 5.75 Å². The highest BCUT2D eigenvalue weighted by atomic mass is 127. The molecule has 0 aromatic heterocycles. The Morgan fingerprint density at radius 3 is 2.44 bits per heavy atom. The molecule has 0 bridgehead atoms. The summed E-state index contributed by atoms with van der Waals surface area (Å²) in [6.45, 7) is 0.568. The smallest absolute Gasteiger partial charge is 0.329 e. The van der Waals surface area contributed by atoms with Gasteiger partial charge in [0.1, 0.15) is 18.1 Å². The monoisotopic (exact) mass is 578 g/mol. The lowest BCUT2D eigenvalue weighted by molar-refractivity contribution is -0.123. The highest BCUT2D eigenvalue weighted by molar-refractivity contribution is 14.1. The zero-order valence-electron chi connectivity index (χ0n) is 16.6. The maximum absolute atomic E-state index is 12.7. The summed E-state index contributed by atoms with van der Waals surface area (Å²) in [4.78, 5) is 26.2. The summed E-state index contributed by atoms with van der Waals surface area (Å²) in [6.07, 6.45) is 1.66. The van der Waals surface area contributed by atoms with E-state index < -0.39 is 6.03 Å². The van der Waals surface area contributed by atoms with E-state index in [1.807, 2.05) is 54.6 Å². The summed E-state index contributed by atoms with van der Waals surface area (Å²) in [5.41, 5.74) is 2.81. The molecule has 1 N–H and O–H groups in total. The molecule has 3 amide bonds. The maximum atomic E-state index is 12.7. The molecule has 0 aliphatic carbocycles. The van der Waals surface area contributed by atoms with Gasteiger partial charge >= 0.3 is 6.03 Å². The third-order valence-electron chi connectivity index (χ3n) is 4.79. The molecule has 0 atom stereocenters. The lowest BCUT2D eigenvalue weighted by atomic mass is 10.1. The lowest BCUT2D eigenvalue weighted by Crippen LogP contribution is -2.30. The van der Waals surface area contributed by atoms with Crippen LogP contribution in [0.3, 0.4) is 0 Å². The summed E-state index contributed by atoms with van der Waals surface area (Å²) < 4.78 is 6.76. The zero-order chi connectivity index (χ0) is 22.7. The molecule has 1 aliphatic rings. The van der Waals surface area contributed by atoms with Gasteiger partial charge in [-0.25, -0.2) is 4.79 Å². The predicted octanol–water partition coefficient (Wildman–Crippen LogP) is 6.27. The van der Waals surface area contributed by atoms with Crippen molar-refractivity contribution < 1.29 is 14.3 Å². The van der Waals surface area contributed by atoms with Crippen molar-refractivity contribution in [3.05, 3.63) is 103 Å². The van der Waals surface area contributed by atoms with Crippen LogP contribution in [0, 0.1) is 3.57 Å². The molecule has 8 heteroatoms. The molecule has 162 valence electrons. The van der Waals surface area contributed by atoms with Gasteiger partial charge in [-0.3, -0.25) is 9.69 Å². The normalized spacial score (nSPS) is 14.7. The van der Waals surface area contributed by atoms with Crippen molar-refractivity contribution >= 4 is 63.8 Å². The lowest BCUT2D eigenvalue weighted by Gasteiger charge is -2.11. The van der Waals surface area contributed by atoms with Gasteiger partial charge in [0, 0.05) is 0 Å². The number of benzene rings is 3. The molecule has 32 heavy (non-hydrogen) atoms. The highest BCUT2D eigenvalue weighted by Crippen LogP contribution is 2.27. The number of carbonyl (C=O) groups is 2. The fraction of sp³-hybridized carbons (Fsp3) is 0.0833. The van der Waals surface area contributed by atoms with Gasteiger partial charge in [-0.2, -0.15) is 0 Å². The van der Waals surface area contributed by atoms with Crippen LogP contribution >= 0.6 is 45.8 Å². The van der Waals surface area contributed by atoms with Crippen LogP contribution < -0.4 is 10.1 Å². The molecule has 0 unspecified atom stereocenters. The predicted molar refractivity (Wildman–Crippen MR) is 133 cm³/mol. The van der Waals surface area contributed by atoms with Gasteiger partial charge in [-0.05, 0) is 69.6 Å². The van der Waals surface area contributed by atoms with Crippen LogP contribution in [0.1, 0.15) is 16.7 Å². The maximum Gasteiger partial charge on any atom is 0.329 e. The van der Waals surface area contributed by atoms with E-state index in [1.165, 1.54) is 4.90 Å². The van der Waals surface area contributed by atoms with E-state index in [9.17, 15) is 9.59 Å². The second kappa shape index (κ2) is 9.94. The SMILES string of the molecule is O=C1N/C(=C/c2ccc(OCc3ccc(Cl)c(Cl)c3)c(I)c2)C(=O)N1Cc1ccccc1. The summed E-state index contributed by atoms with van der Waals surface area (Å²) in [7, 11) is 0. The average molecular weight is 579 g/mol. The summed E-state index contributed by atoms with van der Waals surface area (Å²) in [5.74, 6) is 0.347. The van der Waals surface area contributed by atoms with E-state index in [1.54, 1.807) is 18.2 Å². The molecule has 1 saturated heterocycles. The first kappa shape index (κ1) is 22.6. The largest absolute Gasteiger partial charge is 0.488 e. The van der Waals surface area contributed by atoms with Gasteiger partial charge in [-0.1, -0.05) is 65.7 Å². The third kappa shape index (κ3) is 5.26. The fourth-order valence-corrected chi connectivity index (χ4v) is 4.18. The molecule has 1 aliphatic heterocycles. The summed E-state index contributed by atoms with van der Waals surface area (Å²) in [5, 5.41) is 3.63. The van der Waals surface area contributed by atoms with Crippen LogP contribution in [-0.4, -0.2) is 16.8 Å². The number of hydrogen-bond acceptors (Lipinski definition) is 3. The topological polar surface area (TPSA) is 58.6 Å². The Kier molecular flexibility index (Phi) is 7.03. The molecular formula is C24H17Cl2IN2O3. The van der Waals surface area contributed by atoms with E-state index in [0.29, 0.717) is 22.4 Å². The van der Waals surface area contributed by atoms with Crippen molar-refractivity contribution in [2.24, 2.45) is 0 Å². The molecule has 4 rings (SSSR count). The van der Waals surface area contributed by atoms with Crippen molar-refractivity contribution in [1.82, 2.24) is 10.2 Å². The standard InChI is InChI=1S/C24H17Cl2IN2O3/c25-18-8-6-17(10-19(18)26)14-32-22-9-7-16(11-20(22)27)12-21-23(30)29(24(31)28-21)13-15-4-2-1-3-5-15/h1-12H,13-14H2,(H,28,31)/b21-12+. The minimum Gasteiger partial charge on any atom is -0.488 e. The molecule has 0 saturated carbocycles. The van der Waals surface area contributed by atoms with Crippen molar-refractivity contribution in [3.8, 4) is 5.75 Å². The first-order valence-electron chi connectivity index (χ1n) is 9.65. The number of hydrogen-bond donors (Lipinski definition) is 1. The number of halogens is 3. The number of amides is 3. The zero-order valence-corrected chi connectivity index (χ0v) is 20.3. The Balaban J connectivity index is 1.45. The van der Waals surface area contributed by atoms with Gasteiger partial charge in [-0.15, -0.1) is 0 Å². The average Bonchev–Trinajstić information content (AvgIpc) is 3.03. The van der Waals surface area contributed by atoms with E-state index in [-0.39, 0.29) is 18.1 Å². The number of nitrogens with zero attached hydrogens (tertiary/aromatic N) is 1. The van der Waals surface area contributed by atoms with Crippen LogP contribution in [-0.2, 0) is 17.9 Å². The Morgan fingerprint density at radius 2 is 1.72 bits per heavy atom. The van der Waals surface area contributed by atoms with Crippen molar-refractivity contribution in [3.63, 3.8) is 0 Å². The number of rotatable bonds is 6. The van der Waals surface area contributed by atoms with Crippen LogP contribution in [0.2, 0.25) is 10.0 Å². The number of ether oxygens (including phenoxy) is 1. The molecule has 0 radical (unpaired) electrons.